The molecule has 1 saturated heterocycles. The molecule has 9 nitrogen and oxygen atoms in total. The molecule has 0 aromatic rings. The molecule has 0 aromatic carbocycles. The van der Waals surface area contributed by atoms with Crippen molar-refractivity contribution in [3.8, 4) is 0 Å². The van der Waals surface area contributed by atoms with Gasteiger partial charge in [0.1, 0.15) is 12.2 Å². The molecule has 0 radical (unpaired) electrons. The van der Waals surface area contributed by atoms with E-state index in [2.05, 4.69) is 9.26 Å². The minimum atomic E-state index is -4.75. The number of aliphatic hydroxyl groups is 3. The number of ether oxygens (including phenoxy) is 1. The van der Waals surface area contributed by atoms with Crippen molar-refractivity contribution in [1.82, 2.24) is 0 Å². The van der Waals surface area contributed by atoms with Gasteiger partial charge in [0, 0.05) is 0 Å². The summed E-state index contributed by atoms with van der Waals surface area (Å²) in [6.45, 7) is -0.841. The number of phosphoric ester groups is 1. The Kier molecular flexibility index (Phi) is 4.02. The molecule has 4 atom stereocenters. The Labute approximate surface area is 89.5 Å². The summed E-state index contributed by atoms with van der Waals surface area (Å²) in [4.78, 5) is 27.4. The second kappa shape index (κ2) is 4.76. The molecule has 1 rings (SSSR count). The summed E-state index contributed by atoms with van der Waals surface area (Å²) in [6.07, 6.45) is -6.57. The van der Waals surface area contributed by atoms with E-state index in [1.807, 2.05) is 0 Å². The van der Waals surface area contributed by atoms with E-state index in [4.69, 9.17) is 14.9 Å². The van der Waals surface area contributed by atoms with Gasteiger partial charge in [0.15, 0.2) is 12.2 Å². The quantitative estimate of drug-likeness (QED) is 0.264. The van der Waals surface area contributed by atoms with Crippen LogP contribution in [0.5, 0.6) is 0 Å². The lowest BCUT2D eigenvalue weighted by Crippen LogP contribution is -2.40. The van der Waals surface area contributed by atoms with Gasteiger partial charge in [-0.25, -0.2) is 9.36 Å². The Morgan fingerprint density at radius 2 is 2.00 bits per heavy atom. The molecule has 5 N–H and O–H groups in total. The fourth-order valence-corrected chi connectivity index (χ4v) is 1.51. The van der Waals surface area contributed by atoms with Crippen molar-refractivity contribution in [2.75, 3.05) is 6.61 Å². The van der Waals surface area contributed by atoms with Gasteiger partial charge in [-0.15, -0.1) is 0 Å². The van der Waals surface area contributed by atoms with Gasteiger partial charge in [0.2, 0.25) is 0 Å². The van der Waals surface area contributed by atoms with Crippen LogP contribution in [0.15, 0.2) is 0 Å². The van der Waals surface area contributed by atoms with Gasteiger partial charge in [-0.3, -0.25) is 4.52 Å². The van der Waals surface area contributed by atoms with Gasteiger partial charge in [0.25, 0.3) is 0 Å². The highest BCUT2D eigenvalue weighted by Crippen LogP contribution is 2.36. The Balaban J connectivity index is 2.52. The Bertz CT molecular complexity index is 311. The largest absolute Gasteiger partial charge is 0.469 e. The van der Waals surface area contributed by atoms with Crippen molar-refractivity contribution in [2.24, 2.45) is 0 Å². The minimum absolute atomic E-state index is 0.841. The average Bonchev–Trinajstić information content (AvgIpc) is 2.41. The molecule has 0 spiro atoms. The van der Waals surface area contributed by atoms with Gasteiger partial charge >= 0.3 is 13.8 Å². The van der Waals surface area contributed by atoms with Crippen LogP contribution in [0.1, 0.15) is 0 Å². The molecule has 0 aliphatic carbocycles. The number of cyclic esters (lactones) is 1. The van der Waals surface area contributed by atoms with Crippen molar-refractivity contribution in [2.45, 2.75) is 24.4 Å². The summed E-state index contributed by atoms with van der Waals surface area (Å²) < 4.78 is 18.6. The van der Waals surface area contributed by atoms with E-state index in [9.17, 15) is 19.6 Å². The zero-order valence-corrected chi connectivity index (χ0v) is 8.73. The van der Waals surface area contributed by atoms with E-state index in [1.54, 1.807) is 0 Å². The van der Waals surface area contributed by atoms with E-state index in [-0.39, 0.29) is 0 Å². The number of rotatable bonds is 4. The molecule has 94 valence electrons. The van der Waals surface area contributed by atoms with Gasteiger partial charge < -0.3 is 29.8 Å². The van der Waals surface area contributed by atoms with Gasteiger partial charge in [-0.1, -0.05) is 0 Å². The number of hydrogen-bond donors (Lipinski definition) is 5. The maximum atomic E-state index is 10.8. The molecule has 0 amide bonds. The summed E-state index contributed by atoms with van der Waals surface area (Å²) >= 11 is 0. The number of esters is 1. The Morgan fingerprint density at radius 3 is 2.38 bits per heavy atom. The lowest BCUT2D eigenvalue weighted by atomic mass is 10.1. The highest BCUT2D eigenvalue weighted by atomic mass is 31.2. The third-order valence-electron chi connectivity index (χ3n) is 1.95. The maximum absolute atomic E-state index is 10.8. The second-order valence-electron chi connectivity index (χ2n) is 3.19. The standard InChI is InChI=1S/C6H11O9P/c7-2(1-14-16(11,12)13)5-3(8)4(9)6(10)15-5/h2-5,7-9H,1H2,(H2,11,12,13)/t2-,3-,4-,5-/m1/s1. The van der Waals surface area contributed by atoms with Crippen LogP contribution < -0.4 is 0 Å². The second-order valence-corrected chi connectivity index (χ2v) is 4.43. The highest BCUT2D eigenvalue weighted by Gasteiger charge is 2.46. The zero-order valence-electron chi connectivity index (χ0n) is 7.83. The Morgan fingerprint density at radius 1 is 1.44 bits per heavy atom. The molecule has 16 heavy (non-hydrogen) atoms. The van der Waals surface area contributed by atoms with Crippen molar-refractivity contribution >= 4 is 13.8 Å². The molecule has 0 unspecified atom stereocenters. The molecule has 1 heterocycles. The molecular weight excluding hydrogens is 247 g/mol. The van der Waals surface area contributed by atoms with Crippen LogP contribution in [0.3, 0.4) is 0 Å². The predicted molar refractivity (Wildman–Crippen MR) is 45.9 cm³/mol. The first kappa shape index (κ1) is 13.5. The summed E-state index contributed by atoms with van der Waals surface area (Å²) in [5.74, 6) is -1.12. The molecule has 10 heteroatoms. The predicted octanol–water partition coefficient (Wildman–Crippen LogP) is -2.90. The third kappa shape index (κ3) is 3.22. The molecule has 0 bridgehead atoms. The number of carbonyl (C=O) groups excluding carboxylic acids is 1. The summed E-state index contributed by atoms with van der Waals surface area (Å²) in [5.41, 5.74) is 0. The number of phosphoric acid groups is 1. The molecule has 1 fully saturated rings. The summed E-state index contributed by atoms with van der Waals surface area (Å²) in [6, 6.07) is 0. The topological polar surface area (TPSA) is 154 Å². The number of hydrogen-bond acceptors (Lipinski definition) is 7. The van der Waals surface area contributed by atoms with Crippen LogP contribution in [-0.4, -0.2) is 62.1 Å². The van der Waals surface area contributed by atoms with Crippen molar-refractivity contribution in [3.63, 3.8) is 0 Å². The molecule has 0 aromatic heterocycles. The first-order valence-electron chi connectivity index (χ1n) is 4.17. The summed E-state index contributed by atoms with van der Waals surface area (Å²) in [7, 11) is -4.75. The van der Waals surface area contributed by atoms with E-state index < -0.39 is 44.8 Å². The van der Waals surface area contributed by atoms with E-state index in [0.717, 1.165) is 0 Å². The van der Waals surface area contributed by atoms with Gasteiger partial charge in [-0.05, 0) is 0 Å². The van der Waals surface area contributed by atoms with E-state index >= 15 is 0 Å². The smallest absolute Gasteiger partial charge is 0.455 e. The van der Waals surface area contributed by atoms with Crippen LogP contribution in [0, 0.1) is 0 Å². The average molecular weight is 258 g/mol. The minimum Gasteiger partial charge on any atom is -0.455 e. The van der Waals surface area contributed by atoms with Crippen LogP contribution in [-0.2, 0) is 18.6 Å². The van der Waals surface area contributed by atoms with Crippen LogP contribution in [0.25, 0.3) is 0 Å². The first-order valence-corrected chi connectivity index (χ1v) is 5.70. The van der Waals surface area contributed by atoms with Crippen LogP contribution in [0.4, 0.5) is 0 Å². The number of carbonyl (C=O) groups is 1. The first-order chi connectivity index (χ1) is 7.22. The lowest BCUT2D eigenvalue weighted by molar-refractivity contribution is -0.151. The van der Waals surface area contributed by atoms with Crippen LogP contribution in [0.2, 0.25) is 0 Å². The van der Waals surface area contributed by atoms with Gasteiger partial charge in [0.05, 0.1) is 6.61 Å². The third-order valence-corrected chi connectivity index (χ3v) is 2.43. The fourth-order valence-electron chi connectivity index (χ4n) is 1.17. The molecule has 1 aliphatic heterocycles. The Hall–Kier alpha value is -0.540. The summed E-state index contributed by atoms with van der Waals surface area (Å²) in [5, 5.41) is 27.5. The van der Waals surface area contributed by atoms with Crippen molar-refractivity contribution in [3.05, 3.63) is 0 Å². The number of aliphatic hydroxyl groups excluding tert-OH is 3. The monoisotopic (exact) mass is 258 g/mol. The normalized spacial score (nSPS) is 32.6. The SMILES string of the molecule is O=C1O[C@H]([C@H](O)COP(=O)(O)O)[C@H](O)[C@H]1O. The maximum Gasteiger partial charge on any atom is 0.469 e. The molecular formula is C6H11O9P. The fraction of sp³-hybridized carbons (Fsp3) is 0.833. The lowest BCUT2D eigenvalue weighted by Gasteiger charge is -2.19. The van der Waals surface area contributed by atoms with Crippen LogP contribution >= 0.6 is 7.82 Å². The van der Waals surface area contributed by atoms with Crippen molar-refractivity contribution < 1.29 is 43.7 Å². The van der Waals surface area contributed by atoms with Gasteiger partial charge in [-0.2, -0.15) is 0 Å². The van der Waals surface area contributed by atoms with E-state index in [1.165, 1.54) is 0 Å². The highest BCUT2D eigenvalue weighted by molar-refractivity contribution is 7.46. The zero-order chi connectivity index (χ0) is 12.5. The molecule has 0 saturated carbocycles. The van der Waals surface area contributed by atoms with Crippen molar-refractivity contribution in [1.29, 1.82) is 0 Å². The molecule has 1 aliphatic rings. The van der Waals surface area contributed by atoms with E-state index in [0.29, 0.717) is 0 Å².